The summed E-state index contributed by atoms with van der Waals surface area (Å²) in [6, 6.07) is 3.35. The Morgan fingerprint density at radius 3 is 2.63 bits per heavy atom. The quantitative estimate of drug-likeness (QED) is 0.459. The molecule has 102 valence electrons. The third-order valence-corrected chi connectivity index (χ3v) is 4.08. The van der Waals surface area contributed by atoms with Gasteiger partial charge in [-0.2, -0.15) is 5.26 Å². The minimum atomic E-state index is -3.59. The van der Waals surface area contributed by atoms with Gasteiger partial charge in [0.1, 0.15) is 0 Å². The van der Waals surface area contributed by atoms with Crippen LogP contribution in [0.25, 0.3) is 0 Å². The number of pyridine rings is 1. The van der Waals surface area contributed by atoms with Gasteiger partial charge in [0.05, 0.1) is 11.5 Å². The van der Waals surface area contributed by atoms with Gasteiger partial charge in [0, 0.05) is 19.1 Å². The van der Waals surface area contributed by atoms with Gasteiger partial charge in [-0.25, -0.2) is 17.7 Å². The predicted molar refractivity (Wildman–Crippen MR) is 71.1 cm³/mol. The Balaban J connectivity index is 2.57. The van der Waals surface area contributed by atoms with Crippen LogP contribution in [0.5, 0.6) is 0 Å². The third-order valence-electron chi connectivity index (χ3n) is 2.17. The second kappa shape index (κ2) is 7.11. The SMILES string of the molecule is CC(=O)SCC[n+]1ccc(CS(=O)(=O)NC#N)cc1. The Hall–Kier alpha value is -1.59. The van der Waals surface area contributed by atoms with E-state index in [1.807, 2.05) is 4.57 Å². The van der Waals surface area contributed by atoms with Gasteiger partial charge < -0.3 is 0 Å². The average molecular weight is 300 g/mol. The Morgan fingerprint density at radius 1 is 1.47 bits per heavy atom. The van der Waals surface area contributed by atoms with E-state index in [1.54, 1.807) is 29.2 Å². The van der Waals surface area contributed by atoms with Crippen molar-refractivity contribution in [3.05, 3.63) is 30.1 Å². The number of hydrogen-bond acceptors (Lipinski definition) is 5. The number of carbonyl (C=O) groups is 1. The molecule has 8 heteroatoms. The monoisotopic (exact) mass is 300 g/mol. The summed E-state index contributed by atoms with van der Waals surface area (Å²) in [7, 11) is -3.59. The van der Waals surface area contributed by atoms with Crippen LogP contribution in [0, 0.1) is 11.5 Å². The van der Waals surface area contributed by atoms with Crippen molar-refractivity contribution in [3.63, 3.8) is 0 Å². The van der Waals surface area contributed by atoms with E-state index >= 15 is 0 Å². The molecule has 0 unspecified atom stereocenters. The lowest BCUT2D eigenvalue weighted by Gasteiger charge is -2.01. The van der Waals surface area contributed by atoms with Crippen molar-refractivity contribution in [2.45, 2.75) is 19.2 Å². The fraction of sp³-hybridized carbons (Fsp3) is 0.364. The average Bonchev–Trinajstić information content (AvgIpc) is 2.30. The van der Waals surface area contributed by atoms with E-state index in [1.165, 1.54) is 24.9 Å². The van der Waals surface area contributed by atoms with Gasteiger partial charge in [0.25, 0.3) is 0 Å². The Labute approximate surface area is 116 Å². The van der Waals surface area contributed by atoms with Crippen LogP contribution in [0.2, 0.25) is 0 Å². The summed E-state index contributed by atoms with van der Waals surface area (Å²) < 4.78 is 26.3. The molecule has 1 aromatic heterocycles. The lowest BCUT2D eigenvalue weighted by Crippen LogP contribution is -2.34. The van der Waals surface area contributed by atoms with Crippen molar-refractivity contribution in [1.29, 1.82) is 5.26 Å². The number of rotatable bonds is 6. The number of sulfonamides is 1. The molecule has 0 atom stereocenters. The predicted octanol–water partition coefficient (Wildman–Crippen LogP) is 0.154. The van der Waals surface area contributed by atoms with E-state index in [0.29, 0.717) is 17.9 Å². The van der Waals surface area contributed by atoms with Gasteiger partial charge in [-0.05, 0) is 5.56 Å². The minimum Gasteiger partial charge on any atom is -0.288 e. The molecule has 6 nitrogen and oxygen atoms in total. The molecule has 0 amide bonds. The van der Waals surface area contributed by atoms with Gasteiger partial charge in [-0.1, -0.05) is 11.8 Å². The number of nitrogens with one attached hydrogen (secondary N) is 1. The van der Waals surface area contributed by atoms with Crippen LogP contribution in [0.15, 0.2) is 24.5 Å². The molecular weight excluding hydrogens is 286 g/mol. The van der Waals surface area contributed by atoms with Gasteiger partial charge in [0.2, 0.25) is 10.0 Å². The zero-order valence-electron chi connectivity index (χ0n) is 10.4. The van der Waals surface area contributed by atoms with Crippen LogP contribution in [0.4, 0.5) is 0 Å². The smallest absolute Gasteiger partial charge is 0.245 e. The summed E-state index contributed by atoms with van der Waals surface area (Å²) in [6.07, 6.45) is 4.90. The lowest BCUT2D eigenvalue weighted by molar-refractivity contribution is -0.692. The van der Waals surface area contributed by atoms with E-state index in [9.17, 15) is 13.2 Å². The van der Waals surface area contributed by atoms with Crippen molar-refractivity contribution in [2.75, 3.05) is 5.75 Å². The highest BCUT2D eigenvalue weighted by Gasteiger charge is 2.11. The van der Waals surface area contributed by atoms with E-state index in [4.69, 9.17) is 5.26 Å². The summed E-state index contributed by atoms with van der Waals surface area (Å²) in [6.45, 7) is 2.19. The highest BCUT2D eigenvalue weighted by molar-refractivity contribution is 8.13. The first-order valence-corrected chi connectivity index (χ1v) is 8.06. The maximum absolute atomic E-state index is 11.4. The zero-order valence-corrected chi connectivity index (χ0v) is 12.0. The second-order valence-corrected chi connectivity index (χ2v) is 6.75. The second-order valence-electron chi connectivity index (χ2n) is 3.76. The number of thioether (sulfide) groups is 1. The Morgan fingerprint density at radius 2 is 2.11 bits per heavy atom. The fourth-order valence-corrected chi connectivity index (χ4v) is 2.79. The highest BCUT2D eigenvalue weighted by Crippen LogP contribution is 2.03. The summed E-state index contributed by atoms with van der Waals surface area (Å²) in [5, 5.41) is 8.37. The molecule has 1 rings (SSSR count). The largest absolute Gasteiger partial charge is 0.288 e. The topological polar surface area (TPSA) is 90.9 Å². The van der Waals surface area contributed by atoms with Crippen LogP contribution < -0.4 is 9.29 Å². The molecule has 0 aliphatic rings. The van der Waals surface area contributed by atoms with Crippen LogP contribution in [-0.4, -0.2) is 19.3 Å². The van der Waals surface area contributed by atoms with Crippen LogP contribution in [0.1, 0.15) is 12.5 Å². The summed E-state index contributed by atoms with van der Waals surface area (Å²) in [5.41, 5.74) is 0.596. The van der Waals surface area contributed by atoms with Gasteiger partial charge in [-0.3, -0.25) is 4.79 Å². The number of nitrogens with zero attached hydrogens (tertiary/aromatic N) is 2. The Bertz CT molecular complexity index is 576. The molecule has 19 heavy (non-hydrogen) atoms. The molecule has 0 aliphatic heterocycles. The molecule has 0 aromatic carbocycles. The van der Waals surface area contributed by atoms with E-state index in [0.717, 1.165) is 0 Å². The molecule has 0 saturated heterocycles. The number of nitriles is 1. The van der Waals surface area contributed by atoms with Crippen molar-refractivity contribution >= 4 is 26.9 Å². The zero-order chi connectivity index (χ0) is 14.3. The molecule has 0 fully saturated rings. The normalized spacial score (nSPS) is 10.7. The van der Waals surface area contributed by atoms with E-state index in [-0.39, 0.29) is 10.9 Å². The Kier molecular flexibility index (Phi) is 5.79. The van der Waals surface area contributed by atoms with Crippen LogP contribution in [0.3, 0.4) is 0 Å². The molecule has 1 heterocycles. The van der Waals surface area contributed by atoms with Crippen LogP contribution >= 0.6 is 11.8 Å². The van der Waals surface area contributed by atoms with Crippen molar-refractivity contribution < 1.29 is 17.8 Å². The van der Waals surface area contributed by atoms with Crippen molar-refractivity contribution in [3.8, 4) is 6.19 Å². The van der Waals surface area contributed by atoms with Gasteiger partial charge in [-0.15, -0.1) is 0 Å². The van der Waals surface area contributed by atoms with Gasteiger partial charge in [0.15, 0.2) is 30.2 Å². The lowest BCUT2D eigenvalue weighted by atomic mass is 10.3. The van der Waals surface area contributed by atoms with Crippen molar-refractivity contribution in [2.24, 2.45) is 0 Å². The van der Waals surface area contributed by atoms with E-state index < -0.39 is 10.0 Å². The van der Waals surface area contributed by atoms with Gasteiger partial charge >= 0.3 is 0 Å². The summed E-state index contributed by atoms with van der Waals surface area (Å²) in [5.74, 6) is 0.442. The maximum Gasteiger partial charge on any atom is 0.245 e. The van der Waals surface area contributed by atoms with Crippen molar-refractivity contribution in [1.82, 2.24) is 4.72 Å². The first-order valence-electron chi connectivity index (χ1n) is 5.43. The molecule has 0 radical (unpaired) electrons. The molecule has 1 N–H and O–H groups in total. The first kappa shape index (κ1) is 15.5. The molecular formula is C11H14N3O3S2+. The number of aryl methyl sites for hydroxylation is 1. The number of carbonyl (C=O) groups excluding carboxylic acids is 1. The molecule has 1 aromatic rings. The summed E-state index contributed by atoms with van der Waals surface area (Å²) in [4.78, 5) is 10.8. The molecule has 0 aliphatic carbocycles. The highest BCUT2D eigenvalue weighted by atomic mass is 32.2. The molecule has 0 saturated carbocycles. The van der Waals surface area contributed by atoms with E-state index in [2.05, 4.69) is 0 Å². The number of hydrogen-bond donors (Lipinski definition) is 1. The third kappa shape index (κ3) is 6.22. The molecule has 0 spiro atoms. The minimum absolute atomic E-state index is 0.0749. The first-order chi connectivity index (χ1) is 8.93. The number of aromatic nitrogens is 1. The standard InChI is InChI=1S/C11H14N3O3S2/c1-10(15)18-7-6-14-4-2-11(3-5-14)8-19(16,17)13-9-12/h2-5,13H,6-8H2,1H3/q+1. The molecule has 0 bridgehead atoms. The fourth-order valence-electron chi connectivity index (χ4n) is 1.35. The maximum atomic E-state index is 11.4. The van der Waals surface area contributed by atoms with Crippen LogP contribution in [-0.2, 0) is 27.1 Å². The summed E-state index contributed by atoms with van der Waals surface area (Å²) >= 11 is 1.25.